The standard InChI is InChI=1S/C17H26O2/c1-4-13-7-5-8-14(11-13)17(2,18)15-9-6-10-16(12-15)19-3/h6,9-10,12-14,18H,4-5,7-8,11H2,1-3H3. The fourth-order valence-corrected chi connectivity index (χ4v) is 3.35. The van der Waals surface area contributed by atoms with Gasteiger partial charge in [0.05, 0.1) is 12.7 Å². The van der Waals surface area contributed by atoms with Crippen molar-refractivity contribution in [3.63, 3.8) is 0 Å². The maximum absolute atomic E-state index is 11.0. The van der Waals surface area contributed by atoms with Crippen LogP contribution in [0.3, 0.4) is 0 Å². The minimum absolute atomic E-state index is 0.360. The first-order chi connectivity index (χ1) is 9.07. The van der Waals surface area contributed by atoms with Gasteiger partial charge in [-0.15, -0.1) is 0 Å². The second kappa shape index (κ2) is 5.96. The molecular formula is C17H26O2. The average Bonchev–Trinajstić information content (AvgIpc) is 2.47. The summed E-state index contributed by atoms with van der Waals surface area (Å²) in [6.45, 7) is 4.22. The normalized spacial score (nSPS) is 26.7. The zero-order valence-electron chi connectivity index (χ0n) is 12.4. The molecule has 0 amide bonds. The summed E-state index contributed by atoms with van der Waals surface area (Å²) in [5, 5.41) is 11.0. The highest BCUT2D eigenvalue weighted by molar-refractivity contribution is 5.32. The molecule has 1 fully saturated rings. The molecule has 3 unspecified atom stereocenters. The van der Waals surface area contributed by atoms with E-state index in [-0.39, 0.29) is 0 Å². The Hall–Kier alpha value is -1.02. The molecule has 0 bridgehead atoms. The van der Waals surface area contributed by atoms with Gasteiger partial charge in [-0.1, -0.05) is 38.3 Å². The molecule has 1 aromatic rings. The lowest BCUT2D eigenvalue weighted by Crippen LogP contribution is -2.35. The van der Waals surface area contributed by atoms with Crippen LogP contribution in [0.5, 0.6) is 5.75 Å². The van der Waals surface area contributed by atoms with Crippen molar-refractivity contribution in [3.8, 4) is 5.75 Å². The lowest BCUT2D eigenvalue weighted by Gasteiger charge is -2.39. The molecule has 106 valence electrons. The molecule has 0 heterocycles. The van der Waals surface area contributed by atoms with Crippen LogP contribution in [0, 0.1) is 11.8 Å². The van der Waals surface area contributed by atoms with E-state index < -0.39 is 5.60 Å². The Balaban J connectivity index is 2.20. The first kappa shape index (κ1) is 14.4. The first-order valence-corrected chi connectivity index (χ1v) is 7.44. The number of hydrogen-bond acceptors (Lipinski definition) is 2. The molecule has 1 aliphatic rings. The van der Waals surface area contributed by atoms with Gasteiger partial charge in [0, 0.05) is 0 Å². The third-order valence-electron chi connectivity index (χ3n) is 4.81. The van der Waals surface area contributed by atoms with Crippen molar-refractivity contribution in [2.45, 2.75) is 51.6 Å². The summed E-state index contributed by atoms with van der Waals surface area (Å²) in [6.07, 6.45) is 6.05. The highest BCUT2D eigenvalue weighted by Gasteiger charge is 2.36. The third kappa shape index (κ3) is 3.11. The van der Waals surface area contributed by atoms with E-state index in [2.05, 4.69) is 6.92 Å². The van der Waals surface area contributed by atoms with Crippen molar-refractivity contribution in [2.24, 2.45) is 11.8 Å². The van der Waals surface area contributed by atoms with E-state index in [0.717, 1.165) is 30.1 Å². The predicted octanol–water partition coefficient (Wildman–Crippen LogP) is 4.12. The van der Waals surface area contributed by atoms with Gasteiger partial charge in [-0.2, -0.15) is 0 Å². The summed E-state index contributed by atoms with van der Waals surface area (Å²) < 4.78 is 5.27. The number of ether oxygens (including phenoxy) is 1. The molecule has 1 aromatic carbocycles. The second-order valence-electron chi connectivity index (χ2n) is 6.02. The molecule has 0 radical (unpaired) electrons. The van der Waals surface area contributed by atoms with Crippen LogP contribution in [-0.4, -0.2) is 12.2 Å². The van der Waals surface area contributed by atoms with Crippen molar-refractivity contribution in [1.82, 2.24) is 0 Å². The SMILES string of the molecule is CCC1CCCC(C(C)(O)c2cccc(OC)c2)C1. The Labute approximate surface area is 116 Å². The molecule has 2 heteroatoms. The van der Waals surface area contributed by atoms with Gasteiger partial charge < -0.3 is 9.84 Å². The van der Waals surface area contributed by atoms with Crippen LogP contribution in [0.25, 0.3) is 0 Å². The minimum atomic E-state index is -0.748. The lowest BCUT2D eigenvalue weighted by molar-refractivity contribution is -0.0313. The molecule has 0 spiro atoms. The molecule has 3 atom stereocenters. The molecule has 0 aromatic heterocycles. The van der Waals surface area contributed by atoms with Crippen LogP contribution in [0.1, 0.15) is 51.5 Å². The molecule has 19 heavy (non-hydrogen) atoms. The second-order valence-corrected chi connectivity index (χ2v) is 6.02. The van der Waals surface area contributed by atoms with Gasteiger partial charge in [-0.25, -0.2) is 0 Å². The summed E-state index contributed by atoms with van der Waals surface area (Å²) in [6, 6.07) is 7.87. The fourth-order valence-electron chi connectivity index (χ4n) is 3.35. The van der Waals surface area contributed by atoms with Gasteiger partial charge in [0.15, 0.2) is 0 Å². The van der Waals surface area contributed by atoms with E-state index >= 15 is 0 Å². The van der Waals surface area contributed by atoms with Crippen molar-refractivity contribution in [2.75, 3.05) is 7.11 Å². The number of hydrogen-bond donors (Lipinski definition) is 1. The predicted molar refractivity (Wildman–Crippen MR) is 78.3 cm³/mol. The number of methoxy groups -OCH3 is 1. The summed E-state index contributed by atoms with van der Waals surface area (Å²) in [5.74, 6) is 1.95. The van der Waals surface area contributed by atoms with Gasteiger partial charge in [0.25, 0.3) is 0 Å². The quantitative estimate of drug-likeness (QED) is 0.884. The van der Waals surface area contributed by atoms with Crippen LogP contribution in [-0.2, 0) is 5.60 Å². The Kier molecular flexibility index (Phi) is 4.51. The molecule has 1 aliphatic carbocycles. The van der Waals surface area contributed by atoms with Gasteiger partial charge in [0.1, 0.15) is 5.75 Å². The molecule has 1 N–H and O–H groups in total. The van der Waals surface area contributed by atoms with E-state index in [9.17, 15) is 5.11 Å². The highest BCUT2D eigenvalue weighted by atomic mass is 16.5. The van der Waals surface area contributed by atoms with E-state index in [1.165, 1.54) is 19.3 Å². The molecule has 1 saturated carbocycles. The van der Waals surface area contributed by atoms with Gasteiger partial charge >= 0.3 is 0 Å². The molecule has 0 aliphatic heterocycles. The van der Waals surface area contributed by atoms with Crippen LogP contribution in [0.4, 0.5) is 0 Å². The largest absolute Gasteiger partial charge is 0.497 e. The topological polar surface area (TPSA) is 29.5 Å². The molecule has 0 saturated heterocycles. The zero-order valence-corrected chi connectivity index (χ0v) is 12.4. The molecular weight excluding hydrogens is 236 g/mol. The number of rotatable bonds is 4. The fraction of sp³-hybridized carbons (Fsp3) is 0.647. The maximum Gasteiger partial charge on any atom is 0.119 e. The van der Waals surface area contributed by atoms with E-state index in [4.69, 9.17) is 4.74 Å². The minimum Gasteiger partial charge on any atom is -0.497 e. The Bertz CT molecular complexity index is 411. The summed E-state index contributed by atoms with van der Waals surface area (Å²) >= 11 is 0. The van der Waals surface area contributed by atoms with Crippen LogP contribution in [0.2, 0.25) is 0 Å². The molecule has 2 nitrogen and oxygen atoms in total. The monoisotopic (exact) mass is 262 g/mol. The van der Waals surface area contributed by atoms with Gasteiger partial charge in [0.2, 0.25) is 0 Å². The van der Waals surface area contributed by atoms with Gasteiger partial charge in [-0.05, 0) is 49.3 Å². The van der Waals surface area contributed by atoms with E-state index in [1.54, 1.807) is 7.11 Å². The summed E-state index contributed by atoms with van der Waals surface area (Å²) in [7, 11) is 1.67. The molecule has 2 rings (SSSR count). The maximum atomic E-state index is 11.0. The Morgan fingerprint density at radius 3 is 2.84 bits per heavy atom. The highest BCUT2D eigenvalue weighted by Crippen LogP contribution is 2.42. The Morgan fingerprint density at radius 2 is 2.16 bits per heavy atom. The Morgan fingerprint density at radius 1 is 1.37 bits per heavy atom. The van der Waals surface area contributed by atoms with Gasteiger partial charge in [-0.3, -0.25) is 0 Å². The van der Waals surface area contributed by atoms with Crippen molar-refractivity contribution >= 4 is 0 Å². The van der Waals surface area contributed by atoms with Crippen LogP contribution >= 0.6 is 0 Å². The third-order valence-corrected chi connectivity index (χ3v) is 4.81. The van der Waals surface area contributed by atoms with Crippen molar-refractivity contribution in [1.29, 1.82) is 0 Å². The first-order valence-electron chi connectivity index (χ1n) is 7.44. The zero-order chi connectivity index (χ0) is 13.9. The number of aliphatic hydroxyl groups is 1. The van der Waals surface area contributed by atoms with Crippen LogP contribution < -0.4 is 4.74 Å². The smallest absolute Gasteiger partial charge is 0.119 e. The van der Waals surface area contributed by atoms with Crippen LogP contribution in [0.15, 0.2) is 24.3 Å². The average molecular weight is 262 g/mol. The summed E-state index contributed by atoms with van der Waals surface area (Å²) in [5.41, 5.74) is 0.233. The van der Waals surface area contributed by atoms with Crippen molar-refractivity contribution < 1.29 is 9.84 Å². The van der Waals surface area contributed by atoms with E-state index in [1.807, 2.05) is 31.2 Å². The summed E-state index contributed by atoms with van der Waals surface area (Å²) in [4.78, 5) is 0. The van der Waals surface area contributed by atoms with E-state index in [0.29, 0.717) is 5.92 Å². The number of benzene rings is 1. The lowest BCUT2D eigenvalue weighted by atomic mass is 9.70. The van der Waals surface area contributed by atoms with Crippen molar-refractivity contribution in [3.05, 3.63) is 29.8 Å².